The highest BCUT2D eigenvalue weighted by Gasteiger charge is 2.24. The van der Waals surface area contributed by atoms with Crippen molar-refractivity contribution in [2.45, 2.75) is 31.8 Å². The Balaban J connectivity index is 1.72. The van der Waals surface area contributed by atoms with Gasteiger partial charge in [-0.05, 0) is 42.8 Å². The molecule has 1 aliphatic heterocycles. The van der Waals surface area contributed by atoms with Crippen molar-refractivity contribution < 1.29 is 14.3 Å². The molecule has 1 saturated heterocycles. The first kappa shape index (κ1) is 17.1. The number of hydrogen-bond acceptors (Lipinski definition) is 3. The minimum absolute atomic E-state index is 0.124. The number of benzene rings is 2. The Hall–Kier alpha value is -2.76. The highest BCUT2D eigenvalue weighted by atomic mass is 16.5. The van der Waals surface area contributed by atoms with Gasteiger partial charge in [0.05, 0.1) is 13.2 Å². The molecule has 2 aromatic carbocycles. The number of urea groups is 1. The number of ether oxygens (including phenoxy) is 1. The fraction of sp³-hybridized carbons (Fsp3) is 0.368. The van der Waals surface area contributed by atoms with Crippen molar-refractivity contribution in [3.63, 3.8) is 0 Å². The highest BCUT2D eigenvalue weighted by molar-refractivity contribution is 5.90. The molecule has 2 atom stereocenters. The number of piperidine rings is 1. The van der Waals surface area contributed by atoms with E-state index in [1.165, 1.54) is 0 Å². The van der Waals surface area contributed by atoms with Crippen LogP contribution in [0.1, 0.15) is 31.4 Å². The van der Waals surface area contributed by atoms with E-state index in [0.29, 0.717) is 13.0 Å². The van der Waals surface area contributed by atoms with Gasteiger partial charge in [-0.15, -0.1) is 0 Å². The summed E-state index contributed by atoms with van der Waals surface area (Å²) in [7, 11) is 1.64. The van der Waals surface area contributed by atoms with Crippen LogP contribution in [0.3, 0.4) is 0 Å². The van der Waals surface area contributed by atoms with Crippen LogP contribution in [0.15, 0.2) is 36.4 Å². The number of methoxy groups -OCH3 is 1. The monoisotopic (exact) mass is 341 g/mol. The van der Waals surface area contributed by atoms with Crippen molar-refractivity contribution >= 4 is 22.7 Å². The van der Waals surface area contributed by atoms with E-state index < -0.39 is 6.04 Å². The molecule has 1 heterocycles. The van der Waals surface area contributed by atoms with E-state index >= 15 is 0 Å². The SMILES string of the molecule is COc1cc(C(C)NC(=O)N[C@H]2CCCNC2=O)cc2ccccc12. The van der Waals surface area contributed by atoms with Crippen molar-refractivity contribution in [3.05, 3.63) is 42.0 Å². The Morgan fingerprint density at radius 2 is 2.12 bits per heavy atom. The second-order valence-electron chi connectivity index (χ2n) is 6.27. The number of amides is 3. The van der Waals surface area contributed by atoms with Crippen LogP contribution in [-0.4, -0.2) is 31.6 Å². The predicted molar refractivity (Wildman–Crippen MR) is 96.6 cm³/mol. The average molecular weight is 341 g/mol. The minimum Gasteiger partial charge on any atom is -0.496 e. The van der Waals surface area contributed by atoms with Gasteiger partial charge >= 0.3 is 6.03 Å². The van der Waals surface area contributed by atoms with Gasteiger partial charge in [-0.3, -0.25) is 4.79 Å². The van der Waals surface area contributed by atoms with E-state index in [1.807, 2.05) is 43.3 Å². The Morgan fingerprint density at radius 1 is 1.32 bits per heavy atom. The largest absolute Gasteiger partial charge is 0.496 e. The number of nitrogens with one attached hydrogen (secondary N) is 3. The third-order valence-corrected chi connectivity index (χ3v) is 4.50. The lowest BCUT2D eigenvalue weighted by atomic mass is 10.0. The fourth-order valence-electron chi connectivity index (χ4n) is 3.11. The molecule has 0 saturated carbocycles. The van der Waals surface area contributed by atoms with E-state index in [-0.39, 0.29) is 18.0 Å². The number of rotatable bonds is 4. The molecule has 3 amide bonds. The lowest BCUT2D eigenvalue weighted by Crippen LogP contribution is -2.52. The fourth-order valence-corrected chi connectivity index (χ4v) is 3.11. The topological polar surface area (TPSA) is 79.5 Å². The van der Waals surface area contributed by atoms with Crippen LogP contribution in [0.4, 0.5) is 4.79 Å². The molecular weight excluding hydrogens is 318 g/mol. The molecule has 0 radical (unpaired) electrons. The quantitative estimate of drug-likeness (QED) is 0.799. The predicted octanol–water partition coefficient (Wildman–Crippen LogP) is 2.49. The minimum atomic E-state index is -0.466. The van der Waals surface area contributed by atoms with Gasteiger partial charge < -0.3 is 20.7 Å². The number of carbonyl (C=O) groups is 2. The summed E-state index contributed by atoms with van der Waals surface area (Å²) in [6, 6.07) is 10.9. The molecular formula is C19H23N3O3. The van der Waals surface area contributed by atoms with Crippen molar-refractivity contribution in [1.82, 2.24) is 16.0 Å². The summed E-state index contributed by atoms with van der Waals surface area (Å²) in [5.41, 5.74) is 0.943. The summed E-state index contributed by atoms with van der Waals surface area (Å²) in [4.78, 5) is 24.0. The van der Waals surface area contributed by atoms with E-state index in [1.54, 1.807) is 7.11 Å². The van der Waals surface area contributed by atoms with Crippen molar-refractivity contribution in [1.29, 1.82) is 0 Å². The molecule has 6 heteroatoms. The first-order valence-electron chi connectivity index (χ1n) is 8.50. The smallest absolute Gasteiger partial charge is 0.315 e. The Labute approximate surface area is 146 Å². The van der Waals surface area contributed by atoms with Crippen LogP contribution >= 0.6 is 0 Å². The standard InChI is InChI=1S/C19H23N3O3/c1-12(21-19(24)22-16-8-5-9-20-18(16)23)14-10-13-6-3-4-7-15(13)17(11-14)25-2/h3-4,6-7,10-12,16H,5,8-9H2,1-2H3,(H,20,23)(H2,21,22,24)/t12?,16-/m0/s1. The van der Waals surface area contributed by atoms with Gasteiger partial charge in [-0.1, -0.05) is 24.3 Å². The normalized spacial score (nSPS) is 18.3. The molecule has 3 N–H and O–H groups in total. The molecule has 2 aromatic rings. The maximum Gasteiger partial charge on any atom is 0.315 e. The summed E-state index contributed by atoms with van der Waals surface area (Å²) >= 11 is 0. The molecule has 1 aliphatic rings. The molecule has 0 spiro atoms. The van der Waals surface area contributed by atoms with Crippen molar-refractivity contribution in [2.75, 3.05) is 13.7 Å². The van der Waals surface area contributed by atoms with Crippen LogP contribution in [-0.2, 0) is 4.79 Å². The second kappa shape index (κ2) is 7.42. The van der Waals surface area contributed by atoms with Gasteiger partial charge in [0.15, 0.2) is 0 Å². The average Bonchev–Trinajstić information content (AvgIpc) is 2.62. The molecule has 1 unspecified atom stereocenters. The van der Waals surface area contributed by atoms with Crippen molar-refractivity contribution in [2.24, 2.45) is 0 Å². The maximum atomic E-state index is 12.2. The van der Waals surface area contributed by atoms with E-state index in [0.717, 1.165) is 28.5 Å². The zero-order chi connectivity index (χ0) is 17.8. The zero-order valence-electron chi connectivity index (χ0n) is 14.5. The van der Waals surface area contributed by atoms with Gasteiger partial charge in [-0.2, -0.15) is 0 Å². The third kappa shape index (κ3) is 3.84. The first-order valence-corrected chi connectivity index (χ1v) is 8.50. The Kier molecular flexibility index (Phi) is 5.07. The summed E-state index contributed by atoms with van der Waals surface area (Å²) in [6.45, 7) is 2.58. The van der Waals surface area contributed by atoms with Gasteiger partial charge in [0, 0.05) is 11.9 Å². The van der Waals surface area contributed by atoms with Crippen LogP contribution < -0.4 is 20.7 Å². The molecule has 6 nitrogen and oxygen atoms in total. The highest BCUT2D eigenvalue weighted by Crippen LogP contribution is 2.29. The number of hydrogen-bond donors (Lipinski definition) is 3. The van der Waals surface area contributed by atoms with Crippen LogP contribution in [0.2, 0.25) is 0 Å². The lowest BCUT2D eigenvalue weighted by Gasteiger charge is -2.24. The summed E-state index contributed by atoms with van der Waals surface area (Å²) in [6.07, 6.45) is 1.53. The van der Waals surface area contributed by atoms with Gasteiger partial charge in [0.25, 0.3) is 0 Å². The molecule has 25 heavy (non-hydrogen) atoms. The third-order valence-electron chi connectivity index (χ3n) is 4.50. The molecule has 3 rings (SSSR count). The summed E-state index contributed by atoms with van der Waals surface area (Å²) in [5.74, 6) is 0.648. The summed E-state index contributed by atoms with van der Waals surface area (Å²) < 4.78 is 5.48. The van der Waals surface area contributed by atoms with Gasteiger partial charge in [0.2, 0.25) is 5.91 Å². The molecule has 0 aliphatic carbocycles. The van der Waals surface area contributed by atoms with E-state index in [2.05, 4.69) is 16.0 Å². The Morgan fingerprint density at radius 3 is 2.88 bits per heavy atom. The zero-order valence-corrected chi connectivity index (χ0v) is 14.5. The van der Waals surface area contributed by atoms with Crippen LogP contribution in [0.5, 0.6) is 5.75 Å². The molecule has 1 fully saturated rings. The molecule has 0 aromatic heterocycles. The number of fused-ring (bicyclic) bond motifs is 1. The Bertz CT molecular complexity index is 791. The second-order valence-corrected chi connectivity index (χ2v) is 6.27. The summed E-state index contributed by atoms with van der Waals surface area (Å²) in [5, 5.41) is 10.5. The van der Waals surface area contributed by atoms with Gasteiger partial charge in [-0.25, -0.2) is 4.79 Å². The van der Waals surface area contributed by atoms with Crippen LogP contribution in [0, 0.1) is 0 Å². The van der Waals surface area contributed by atoms with E-state index in [4.69, 9.17) is 4.74 Å². The lowest BCUT2D eigenvalue weighted by molar-refractivity contribution is -0.124. The number of carbonyl (C=O) groups excluding carboxylic acids is 2. The molecule has 0 bridgehead atoms. The first-order chi connectivity index (χ1) is 12.1. The van der Waals surface area contributed by atoms with E-state index in [9.17, 15) is 9.59 Å². The van der Waals surface area contributed by atoms with Crippen LogP contribution in [0.25, 0.3) is 10.8 Å². The maximum absolute atomic E-state index is 12.2. The van der Waals surface area contributed by atoms with Crippen molar-refractivity contribution in [3.8, 4) is 5.75 Å². The van der Waals surface area contributed by atoms with Gasteiger partial charge in [0.1, 0.15) is 11.8 Å². The molecule has 132 valence electrons.